The maximum absolute atomic E-state index is 5.65. The van der Waals surface area contributed by atoms with Crippen LogP contribution in [0.15, 0.2) is 24.3 Å². The van der Waals surface area contributed by atoms with E-state index in [-0.39, 0.29) is 6.10 Å². The first-order chi connectivity index (χ1) is 6.75. The smallest absolute Gasteiger partial charge is 0.119 e. The number of rotatable bonds is 3. The van der Waals surface area contributed by atoms with E-state index in [1.165, 1.54) is 5.56 Å². The highest BCUT2D eigenvalue weighted by atomic mass is 16.5. The fourth-order valence-electron chi connectivity index (χ4n) is 1.64. The molecule has 0 aliphatic carbocycles. The number of nitrogens with one attached hydrogen (secondary N) is 1. The summed E-state index contributed by atoms with van der Waals surface area (Å²) in [5.41, 5.74) is 1.39. The van der Waals surface area contributed by atoms with Crippen LogP contribution in [0.3, 0.4) is 0 Å². The molecular formula is C12H17NO. The van der Waals surface area contributed by atoms with Gasteiger partial charge >= 0.3 is 0 Å². The molecule has 1 aromatic carbocycles. The summed E-state index contributed by atoms with van der Waals surface area (Å²) in [6.07, 6.45) is 0.254. The first-order valence-electron chi connectivity index (χ1n) is 5.23. The van der Waals surface area contributed by atoms with Crippen molar-refractivity contribution in [3.63, 3.8) is 0 Å². The van der Waals surface area contributed by atoms with E-state index in [1.807, 2.05) is 6.07 Å². The van der Waals surface area contributed by atoms with Crippen LogP contribution in [0.1, 0.15) is 25.3 Å². The van der Waals surface area contributed by atoms with Crippen LogP contribution in [0.5, 0.6) is 5.75 Å². The van der Waals surface area contributed by atoms with Crippen molar-refractivity contribution >= 4 is 0 Å². The molecule has 2 nitrogen and oxygen atoms in total. The maximum Gasteiger partial charge on any atom is 0.119 e. The number of ether oxygens (including phenoxy) is 1. The highest BCUT2D eigenvalue weighted by Crippen LogP contribution is 2.24. The Bertz CT molecular complexity index is 305. The molecule has 0 spiro atoms. The molecule has 1 aliphatic rings. The standard InChI is InChI=1S/C12H17NO/c1-9(2)14-12-5-3-4-10(6-12)11-7-13-8-11/h3-6,9,11,13H,7-8H2,1-2H3. The van der Waals surface area contributed by atoms with Crippen molar-refractivity contribution in [2.75, 3.05) is 13.1 Å². The van der Waals surface area contributed by atoms with E-state index in [4.69, 9.17) is 4.74 Å². The average molecular weight is 191 g/mol. The van der Waals surface area contributed by atoms with Crippen LogP contribution in [0.4, 0.5) is 0 Å². The summed E-state index contributed by atoms with van der Waals surface area (Å²) in [5, 5.41) is 3.28. The number of hydrogen-bond acceptors (Lipinski definition) is 2. The lowest BCUT2D eigenvalue weighted by Gasteiger charge is -2.27. The van der Waals surface area contributed by atoms with Gasteiger partial charge in [0, 0.05) is 19.0 Å². The van der Waals surface area contributed by atoms with Gasteiger partial charge in [0.1, 0.15) is 5.75 Å². The first-order valence-corrected chi connectivity index (χ1v) is 5.23. The SMILES string of the molecule is CC(C)Oc1cccc(C2CNC2)c1. The third kappa shape index (κ3) is 2.07. The van der Waals surface area contributed by atoms with Crippen LogP contribution in [0, 0.1) is 0 Å². The second kappa shape index (κ2) is 4.01. The zero-order valence-electron chi connectivity index (χ0n) is 8.79. The Morgan fingerprint density at radius 1 is 1.36 bits per heavy atom. The van der Waals surface area contributed by atoms with Crippen LogP contribution in [-0.2, 0) is 0 Å². The molecule has 1 saturated heterocycles. The Morgan fingerprint density at radius 2 is 2.14 bits per heavy atom. The van der Waals surface area contributed by atoms with Crippen molar-refractivity contribution in [3.8, 4) is 5.75 Å². The van der Waals surface area contributed by atoms with Crippen molar-refractivity contribution in [1.29, 1.82) is 0 Å². The minimum absolute atomic E-state index is 0.254. The summed E-state index contributed by atoms with van der Waals surface area (Å²) in [6, 6.07) is 8.44. The van der Waals surface area contributed by atoms with Crippen LogP contribution in [-0.4, -0.2) is 19.2 Å². The van der Waals surface area contributed by atoms with Crippen molar-refractivity contribution in [3.05, 3.63) is 29.8 Å². The van der Waals surface area contributed by atoms with Crippen LogP contribution < -0.4 is 10.1 Å². The highest BCUT2D eigenvalue weighted by Gasteiger charge is 2.18. The van der Waals surface area contributed by atoms with Gasteiger partial charge in [-0.2, -0.15) is 0 Å². The monoisotopic (exact) mass is 191 g/mol. The number of benzene rings is 1. The van der Waals surface area contributed by atoms with Crippen LogP contribution >= 0.6 is 0 Å². The van der Waals surface area contributed by atoms with Gasteiger partial charge in [0.25, 0.3) is 0 Å². The van der Waals surface area contributed by atoms with E-state index in [0.29, 0.717) is 5.92 Å². The minimum Gasteiger partial charge on any atom is -0.491 e. The zero-order chi connectivity index (χ0) is 9.97. The minimum atomic E-state index is 0.254. The van der Waals surface area contributed by atoms with E-state index in [2.05, 4.69) is 37.4 Å². The molecule has 1 aromatic rings. The summed E-state index contributed by atoms with van der Waals surface area (Å²) in [7, 11) is 0. The molecular weight excluding hydrogens is 174 g/mol. The highest BCUT2D eigenvalue weighted by molar-refractivity contribution is 5.32. The Hall–Kier alpha value is -1.02. The fourth-order valence-corrected chi connectivity index (χ4v) is 1.64. The summed E-state index contributed by atoms with van der Waals surface area (Å²) in [5.74, 6) is 1.68. The third-order valence-electron chi connectivity index (χ3n) is 2.48. The summed E-state index contributed by atoms with van der Waals surface area (Å²) in [6.45, 7) is 6.31. The van der Waals surface area contributed by atoms with E-state index in [1.54, 1.807) is 0 Å². The van der Waals surface area contributed by atoms with Gasteiger partial charge in [0.05, 0.1) is 6.10 Å². The number of hydrogen-bond donors (Lipinski definition) is 1. The zero-order valence-corrected chi connectivity index (χ0v) is 8.79. The Balaban J connectivity index is 2.09. The molecule has 0 unspecified atom stereocenters. The summed E-state index contributed by atoms with van der Waals surface area (Å²) in [4.78, 5) is 0. The van der Waals surface area contributed by atoms with Crippen LogP contribution in [0.2, 0.25) is 0 Å². The van der Waals surface area contributed by atoms with Gasteiger partial charge in [-0.15, -0.1) is 0 Å². The van der Waals surface area contributed by atoms with E-state index < -0.39 is 0 Å². The molecule has 0 saturated carbocycles. The normalized spacial score (nSPS) is 16.8. The van der Waals surface area contributed by atoms with Gasteiger partial charge in [0.2, 0.25) is 0 Å². The molecule has 1 fully saturated rings. The largest absolute Gasteiger partial charge is 0.491 e. The topological polar surface area (TPSA) is 21.3 Å². The first kappa shape index (κ1) is 9.53. The molecule has 0 radical (unpaired) electrons. The van der Waals surface area contributed by atoms with Crippen LogP contribution in [0.25, 0.3) is 0 Å². The lowest BCUT2D eigenvalue weighted by molar-refractivity contribution is 0.242. The van der Waals surface area contributed by atoms with Gasteiger partial charge in [-0.25, -0.2) is 0 Å². The van der Waals surface area contributed by atoms with E-state index >= 15 is 0 Å². The van der Waals surface area contributed by atoms with Gasteiger partial charge in [0.15, 0.2) is 0 Å². The molecule has 1 aliphatic heterocycles. The van der Waals surface area contributed by atoms with Gasteiger partial charge in [-0.05, 0) is 31.5 Å². The van der Waals surface area contributed by atoms with Crippen molar-refractivity contribution in [2.45, 2.75) is 25.9 Å². The quantitative estimate of drug-likeness (QED) is 0.790. The summed E-state index contributed by atoms with van der Waals surface area (Å²) < 4.78 is 5.65. The molecule has 0 atom stereocenters. The predicted molar refractivity (Wildman–Crippen MR) is 57.8 cm³/mol. The Morgan fingerprint density at radius 3 is 2.71 bits per heavy atom. The Labute approximate surface area is 85.3 Å². The Kier molecular flexibility index (Phi) is 2.73. The predicted octanol–water partition coefficient (Wildman–Crippen LogP) is 2.16. The maximum atomic E-state index is 5.65. The lowest BCUT2D eigenvalue weighted by Crippen LogP contribution is -2.39. The van der Waals surface area contributed by atoms with Crippen molar-refractivity contribution in [2.24, 2.45) is 0 Å². The summed E-state index contributed by atoms with van der Waals surface area (Å²) >= 11 is 0. The second-order valence-corrected chi connectivity index (χ2v) is 4.09. The molecule has 76 valence electrons. The van der Waals surface area contributed by atoms with Gasteiger partial charge < -0.3 is 10.1 Å². The van der Waals surface area contributed by atoms with Crippen molar-refractivity contribution in [1.82, 2.24) is 5.32 Å². The van der Waals surface area contributed by atoms with Gasteiger partial charge in [-0.1, -0.05) is 12.1 Å². The molecule has 14 heavy (non-hydrogen) atoms. The molecule has 0 bridgehead atoms. The molecule has 2 rings (SSSR count). The fraction of sp³-hybridized carbons (Fsp3) is 0.500. The second-order valence-electron chi connectivity index (χ2n) is 4.09. The van der Waals surface area contributed by atoms with Crippen molar-refractivity contribution < 1.29 is 4.74 Å². The van der Waals surface area contributed by atoms with Gasteiger partial charge in [-0.3, -0.25) is 0 Å². The molecule has 0 amide bonds. The average Bonchev–Trinajstić information content (AvgIpc) is 1.99. The van der Waals surface area contributed by atoms with E-state index in [0.717, 1.165) is 18.8 Å². The molecule has 0 aromatic heterocycles. The molecule has 1 heterocycles. The molecule has 1 N–H and O–H groups in total. The third-order valence-corrected chi connectivity index (χ3v) is 2.48. The van der Waals surface area contributed by atoms with E-state index in [9.17, 15) is 0 Å². The lowest BCUT2D eigenvalue weighted by atomic mass is 9.94. The molecule has 2 heteroatoms.